The van der Waals surface area contributed by atoms with Crippen LogP contribution in [-0.4, -0.2) is 16.9 Å². The lowest BCUT2D eigenvalue weighted by atomic mass is 10.1. The van der Waals surface area contributed by atoms with Gasteiger partial charge < -0.3 is 10.6 Å². The van der Waals surface area contributed by atoms with Crippen molar-refractivity contribution in [1.29, 1.82) is 5.26 Å². The first-order valence-electron chi connectivity index (χ1n) is 9.62. The highest BCUT2D eigenvalue weighted by molar-refractivity contribution is 7.18. The van der Waals surface area contributed by atoms with E-state index in [0.717, 1.165) is 22.6 Å². The van der Waals surface area contributed by atoms with Gasteiger partial charge in [-0.05, 0) is 55.0 Å². The lowest BCUT2D eigenvalue weighted by Crippen LogP contribution is -2.31. The van der Waals surface area contributed by atoms with Crippen LogP contribution in [0.25, 0.3) is 10.2 Å². The number of anilines is 2. The molecule has 2 N–H and O–H groups in total. The van der Waals surface area contributed by atoms with E-state index in [1.165, 1.54) is 10.3 Å². The molecule has 0 aliphatic carbocycles. The molecule has 30 heavy (non-hydrogen) atoms. The number of nitrogens with one attached hydrogen (secondary N) is 2. The lowest BCUT2D eigenvalue weighted by molar-refractivity contribution is -0.116. The van der Waals surface area contributed by atoms with E-state index in [1.54, 1.807) is 42.5 Å². The van der Waals surface area contributed by atoms with Gasteiger partial charge in [0.2, 0.25) is 5.91 Å². The minimum Gasteiger partial charge on any atom is -0.374 e. The summed E-state index contributed by atoms with van der Waals surface area (Å²) in [6, 6.07) is 24.7. The number of thiazole rings is 1. The van der Waals surface area contributed by atoms with Crippen LogP contribution in [0.4, 0.5) is 11.4 Å². The second-order valence-corrected chi connectivity index (χ2v) is 8.11. The van der Waals surface area contributed by atoms with Gasteiger partial charge in [0.25, 0.3) is 0 Å². The summed E-state index contributed by atoms with van der Waals surface area (Å²) in [6.45, 7) is 1.80. The highest BCUT2D eigenvalue weighted by atomic mass is 32.1. The molecule has 0 saturated heterocycles. The molecule has 0 bridgehead atoms. The lowest BCUT2D eigenvalue weighted by Gasteiger charge is -2.15. The normalized spacial score (nSPS) is 11.6. The number of hydrogen-bond donors (Lipinski definition) is 2. The molecule has 1 amide bonds. The number of carbonyl (C=O) groups excluding carboxylic acids is 1. The first-order valence-corrected chi connectivity index (χ1v) is 10.4. The fourth-order valence-electron chi connectivity index (χ4n) is 3.12. The first kappa shape index (κ1) is 19.6. The fourth-order valence-corrected chi connectivity index (χ4v) is 4.12. The topological polar surface area (TPSA) is 77.8 Å². The molecule has 5 nitrogen and oxygen atoms in total. The summed E-state index contributed by atoms with van der Waals surface area (Å²) in [4.78, 5) is 17.1. The standard InChI is InChI=1S/C24H20N4OS/c1-16(24(29)27-20-6-4-5-18(13-20)15-25)26-19-11-9-17(10-12-19)14-23-28-21-7-2-3-8-22(21)30-23/h2-13,16,26H,14H2,1H3,(H,27,29)/t16-/m1/s1. The molecular weight excluding hydrogens is 392 g/mol. The molecule has 0 saturated carbocycles. The van der Waals surface area contributed by atoms with Gasteiger partial charge in [-0.15, -0.1) is 11.3 Å². The fraction of sp³-hybridized carbons (Fsp3) is 0.125. The second-order valence-electron chi connectivity index (χ2n) is 7.00. The zero-order valence-corrected chi connectivity index (χ0v) is 17.2. The van der Waals surface area contributed by atoms with Crippen LogP contribution in [0.2, 0.25) is 0 Å². The quantitative estimate of drug-likeness (QED) is 0.456. The Morgan fingerprint density at radius 2 is 1.87 bits per heavy atom. The number of hydrogen-bond acceptors (Lipinski definition) is 5. The van der Waals surface area contributed by atoms with E-state index in [9.17, 15) is 4.79 Å². The highest BCUT2D eigenvalue weighted by Gasteiger charge is 2.13. The van der Waals surface area contributed by atoms with Crippen LogP contribution in [0.1, 0.15) is 23.1 Å². The summed E-state index contributed by atoms with van der Waals surface area (Å²) in [5, 5.41) is 16.1. The Labute approximate surface area is 179 Å². The van der Waals surface area contributed by atoms with Crippen LogP contribution >= 0.6 is 11.3 Å². The SMILES string of the molecule is C[C@@H](Nc1ccc(Cc2nc3ccccc3s2)cc1)C(=O)Nc1cccc(C#N)c1. The Balaban J connectivity index is 1.36. The van der Waals surface area contributed by atoms with E-state index in [0.29, 0.717) is 11.3 Å². The van der Waals surface area contributed by atoms with Crippen molar-refractivity contribution in [2.24, 2.45) is 0 Å². The summed E-state index contributed by atoms with van der Waals surface area (Å²) >= 11 is 1.71. The summed E-state index contributed by atoms with van der Waals surface area (Å²) in [6.07, 6.45) is 0.783. The number of aromatic nitrogens is 1. The Morgan fingerprint density at radius 1 is 1.07 bits per heavy atom. The summed E-state index contributed by atoms with van der Waals surface area (Å²) in [5.74, 6) is -0.163. The van der Waals surface area contributed by atoms with Crippen molar-refractivity contribution in [2.75, 3.05) is 10.6 Å². The van der Waals surface area contributed by atoms with E-state index in [1.807, 2.05) is 30.3 Å². The van der Waals surface area contributed by atoms with E-state index in [4.69, 9.17) is 5.26 Å². The van der Waals surface area contributed by atoms with Gasteiger partial charge in [-0.1, -0.05) is 30.3 Å². The molecule has 4 rings (SSSR count). The van der Waals surface area contributed by atoms with Crippen molar-refractivity contribution < 1.29 is 4.79 Å². The van der Waals surface area contributed by atoms with Crippen LogP contribution in [-0.2, 0) is 11.2 Å². The third kappa shape index (κ3) is 4.65. The van der Waals surface area contributed by atoms with Crippen molar-refractivity contribution in [3.63, 3.8) is 0 Å². The van der Waals surface area contributed by atoms with Crippen LogP contribution in [0, 0.1) is 11.3 Å². The molecule has 1 atom stereocenters. The number of amides is 1. The van der Waals surface area contributed by atoms with Crippen LogP contribution in [0.15, 0.2) is 72.8 Å². The predicted octanol–water partition coefficient (Wildman–Crippen LogP) is 5.20. The number of nitrogens with zero attached hydrogens (tertiary/aromatic N) is 2. The number of nitriles is 1. The number of rotatable bonds is 6. The van der Waals surface area contributed by atoms with Gasteiger partial charge in [-0.2, -0.15) is 5.26 Å². The van der Waals surface area contributed by atoms with Crippen LogP contribution in [0.5, 0.6) is 0 Å². The number of para-hydroxylation sites is 1. The first-order chi connectivity index (χ1) is 14.6. The molecule has 0 aliphatic heterocycles. The van der Waals surface area contributed by atoms with Crippen molar-refractivity contribution in [3.05, 3.63) is 88.9 Å². The monoisotopic (exact) mass is 412 g/mol. The van der Waals surface area contributed by atoms with Gasteiger partial charge in [0.05, 0.1) is 26.9 Å². The minimum atomic E-state index is -0.425. The predicted molar refractivity (Wildman–Crippen MR) is 122 cm³/mol. The summed E-state index contributed by atoms with van der Waals surface area (Å²) < 4.78 is 1.20. The zero-order valence-electron chi connectivity index (χ0n) is 16.4. The molecule has 3 aromatic carbocycles. The third-order valence-electron chi connectivity index (χ3n) is 4.68. The second kappa shape index (κ2) is 8.76. The van der Waals surface area contributed by atoms with Gasteiger partial charge in [0, 0.05) is 17.8 Å². The number of carbonyl (C=O) groups is 1. The molecule has 6 heteroatoms. The van der Waals surface area contributed by atoms with Gasteiger partial charge in [0.1, 0.15) is 6.04 Å². The van der Waals surface area contributed by atoms with Gasteiger partial charge >= 0.3 is 0 Å². The molecular formula is C24H20N4OS. The maximum absolute atomic E-state index is 12.4. The summed E-state index contributed by atoms with van der Waals surface area (Å²) in [7, 11) is 0. The van der Waals surface area contributed by atoms with E-state index < -0.39 is 6.04 Å². The van der Waals surface area contributed by atoms with Crippen LogP contribution in [0.3, 0.4) is 0 Å². The maximum atomic E-state index is 12.4. The molecule has 1 aromatic heterocycles. The Kier molecular flexibility index (Phi) is 5.73. The van der Waals surface area contributed by atoms with Gasteiger partial charge in [-0.25, -0.2) is 4.98 Å². The molecule has 0 aliphatic rings. The van der Waals surface area contributed by atoms with E-state index in [2.05, 4.69) is 39.9 Å². The van der Waals surface area contributed by atoms with Crippen molar-refractivity contribution >= 4 is 38.8 Å². The average Bonchev–Trinajstić information content (AvgIpc) is 3.17. The van der Waals surface area contributed by atoms with Crippen molar-refractivity contribution in [1.82, 2.24) is 4.98 Å². The Morgan fingerprint density at radius 3 is 2.63 bits per heavy atom. The van der Waals surface area contributed by atoms with Crippen LogP contribution < -0.4 is 10.6 Å². The van der Waals surface area contributed by atoms with Gasteiger partial charge in [0.15, 0.2) is 0 Å². The Hall–Kier alpha value is -3.69. The number of benzene rings is 3. The molecule has 0 unspecified atom stereocenters. The van der Waals surface area contributed by atoms with E-state index >= 15 is 0 Å². The highest BCUT2D eigenvalue weighted by Crippen LogP contribution is 2.24. The smallest absolute Gasteiger partial charge is 0.246 e. The van der Waals surface area contributed by atoms with Crippen molar-refractivity contribution in [3.8, 4) is 6.07 Å². The molecule has 0 spiro atoms. The number of fused-ring (bicyclic) bond motifs is 1. The molecule has 148 valence electrons. The maximum Gasteiger partial charge on any atom is 0.246 e. The summed E-state index contributed by atoms with van der Waals surface area (Å²) in [5.41, 5.74) is 4.20. The molecule has 0 fully saturated rings. The zero-order chi connectivity index (χ0) is 20.9. The van der Waals surface area contributed by atoms with Crippen molar-refractivity contribution in [2.45, 2.75) is 19.4 Å². The third-order valence-corrected chi connectivity index (χ3v) is 5.72. The average molecular weight is 413 g/mol. The Bertz CT molecular complexity index is 1190. The van der Waals surface area contributed by atoms with Gasteiger partial charge in [-0.3, -0.25) is 4.79 Å². The largest absolute Gasteiger partial charge is 0.374 e. The molecule has 4 aromatic rings. The molecule has 0 radical (unpaired) electrons. The minimum absolute atomic E-state index is 0.163. The molecule has 1 heterocycles. The van der Waals surface area contributed by atoms with E-state index in [-0.39, 0.29) is 5.91 Å².